The van der Waals surface area contributed by atoms with Crippen LogP contribution in [0.3, 0.4) is 0 Å². The molecule has 1 N–H and O–H groups in total. The average molecular weight is 336 g/mol. The molecular weight excluding hydrogens is 306 g/mol. The molecule has 0 radical (unpaired) electrons. The summed E-state index contributed by atoms with van der Waals surface area (Å²) in [5.41, 5.74) is 0.0109. The van der Waals surface area contributed by atoms with Gasteiger partial charge < -0.3 is 10.1 Å². The van der Waals surface area contributed by atoms with E-state index in [1.54, 1.807) is 0 Å². The zero-order chi connectivity index (χ0) is 15.5. The maximum Gasteiger partial charge on any atom is 0.151 e. The smallest absolute Gasteiger partial charge is 0.151 e. The number of rotatable bonds is 6. The van der Waals surface area contributed by atoms with E-state index in [0.29, 0.717) is 5.92 Å². The SMILES string of the molecule is CCCNC(C1CCOC2(CCSC2)C1)C(C)S(C)(=O)=O. The highest BCUT2D eigenvalue weighted by Crippen LogP contribution is 2.42. The lowest BCUT2D eigenvalue weighted by atomic mass is 9.80. The summed E-state index contributed by atoms with van der Waals surface area (Å²) in [4.78, 5) is 0. The molecule has 4 atom stereocenters. The molecule has 0 aromatic rings. The van der Waals surface area contributed by atoms with Crippen LogP contribution in [0.4, 0.5) is 0 Å². The van der Waals surface area contributed by atoms with Gasteiger partial charge >= 0.3 is 0 Å². The summed E-state index contributed by atoms with van der Waals surface area (Å²) >= 11 is 1.96. The standard InChI is InChI=1S/C15H29NO3S2/c1-4-7-16-14(12(2)21(3,17)18)13-5-8-19-15(10-13)6-9-20-11-15/h12-14,16H,4-11H2,1-3H3. The van der Waals surface area contributed by atoms with Gasteiger partial charge in [0.2, 0.25) is 0 Å². The molecule has 1 spiro atoms. The van der Waals surface area contributed by atoms with Crippen molar-refractivity contribution in [1.82, 2.24) is 5.32 Å². The van der Waals surface area contributed by atoms with Gasteiger partial charge in [0.25, 0.3) is 0 Å². The Labute approximate surface area is 133 Å². The van der Waals surface area contributed by atoms with Gasteiger partial charge in [0.15, 0.2) is 9.84 Å². The van der Waals surface area contributed by atoms with E-state index in [-0.39, 0.29) is 16.9 Å². The minimum Gasteiger partial charge on any atom is -0.374 e. The summed E-state index contributed by atoms with van der Waals surface area (Å²) in [5.74, 6) is 2.63. The second-order valence-corrected chi connectivity index (χ2v) is 10.1. The highest BCUT2D eigenvalue weighted by atomic mass is 32.2. The van der Waals surface area contributed by atoms with Gasteiger partial charge in [0.05, 0.1) is 10.9 Å². The average Bonchev–Trinajstić information content (AvgIpc) is 2.86. The molecule has 124 valence electrons. The van der Waals surface area contributed by atoms with Crippen LogP contribution in [0.2, 0.25) is 0 Å². The molecule has 2 aliphatic heterocycles. The minimum atomic E-state index is -3.03. The summed E-state index contributed by atoms with van der Waals surface area (Å²) in [6.45, 7) is 5.62. The summed E-state index contributed by atoms with van der Waals surface area (Å²) < 4.78 is 30.1. The molecule has 0 aliphatic carbocycles. The Kier molecular flexibility index (Phi) is 6.02. The van der Waals surface area contributed by atoms with Gasteiger partial charge in [-0.15, -0.1) is 0 Å². The minimum absolute atomic E-state index is 0.0109. The van der Waals surface area contributed by atoms with Crippen LogP contribution >= 0.6 is 11.8 Å². The summed E-state index contributed by atoms with van der Waals surface area (Å²) in [6, 6.07) is 0.0475. The van der Waals surface area contributed by atoms with Gasteiger partial charge in [-0.25, -0.2) is 8.42 Å². The lowest BCUT2D eigenvalue weighted by Gasteiger charge is -2.42. The Balaban J connectivity index is 2.11. The number of nitrogens with one attached hydrogen (secondary N) is 1. The van der Waals surface area contributed by atoms with Gasteiger partial charge in [-0.1, -0.05) is 6.92 Å². The third kappa shape index (κ3) is 4.36. The highest BCUT2D eigenvalue weighted by molar-refractivity contribution is 7.99. The molecule has 0 aromatic heterocycles. The van der Waals surface area contributed by atoms with Crippen LogP contribution < -0.4 is 5.32 Å². The number of hydrogen-bond donors (Lipinski definition) is 1. The molecule has 0 amide bonds. The van der Waals surface area contributed by atoms with Crippen molar-refractivity contribution in [3.8, 4) is 0 Å². The van der Waals surface area contributed by atoms with Crippen LogP contribution in [-0.2, 0) is 14.6 Å². The second-order valence-electron chi connectivity index (χ2n) is 6.60. The number of ether oxygens (including phenoxy) is 1. The topological polar surface area (TPSA) is 55.4 Å². The van der Waals surface area contributed by atoms with Crippen molar-refractivity contribution in [2.75, 3.05) is 30.9 Å². The molecule has 2 aliphatic rings. The first-order valence-electron chi connectivity index (χ1n) is 8.02. The Hall–Kier alpha value is 0.220. The Bertz CT molecular complexity index is 432. The number of sulfone groups is 1. The molecule has 2 rings (SSSR count). The monoisotopic (exact) mass is 335 g/mol. The Morgan fingerprint density at radius 2 is 2.24 bits per heavy atom. The molecule has 4 nitrogen and oxygen atoms in total. The fourth-order valence-corrected chi connectivity index (χ4v) is 5.76. The van der Waals surface area contributed by atoms with Crippen LogP contribution in [0, 0.1) is 5.92 Å². The maximum absolute atomic E-state index is 12.0. The molecule has 2 fully saturated rings. The van der Waals surface area contributed by atoms with E-state index in [1.807, 2.05) is 18.7 Å². The van der Waals surface area contributed by atoms with E-state index in [9.17, 15) is 8.42 Å². The van der Waals surface area contributed by atoms with Crippen molar-refractivity contribution in [3.63, 3.8) is 0 Å². The fourth-order valence-electron chi connectivity index (χ4n) is 3.53. The van der Waals surface area contributed by atoms with E-state index in [1.165, 1.54) is 12.0 Å². The van der Waals surface area contributed by atoms with E-state index in [4.69, 9.17) is 4.74 Å². The summed E-state index contributed by atoms with van der Waals surface area (Å²) in [5, 5.41) is 3.18. The Morgan fingerprint density at radius 3 is 2.81 bits per heavy atom. The largest absolute Gasteiger partial charge is 0.374 e. The van der Waals surface area contributed by atoms with Crippen LogP contribution in [0.1, 0.15) is 39.5 Å². The third-order valence-corrected chi connectivity index (χ3v) is 7.78. The highest BCUT2D eigenvalue weighted by Gasteiger charge is 2.44. The maximum atomic E-state index is 12.0. The normalized spacial score (nSPS) is 33.2. The van der Waals surface area contributed by atoms with Crippen LogP contribution in [0.25, 0.3) is 0 Å². The molecule has 21 heavy (non-hydrogen) atoms. The number of hydrogen-bond acceptors (Lipinski definition) is 5. The van der Waals surface area contributed by atoms with Crippen molar-refractivity contribution in [1.29, 1.82) is 0 Å². The Morgan fingerprint density at radius 1 is 1.48 bits per heavy atom. The van der Waals surface area contributed by atoms with E-state index in [2.05, 4.69) is 12.2 Å². The first-order chi connectivity index (χ1) is 9.88. The van der Waals surface area contributed by atoms with Crippen molar-refractivity contribution in [3.05, 3.63) is 0 Å². The number of thioether (sulfide) groups is 1. The molecule has 0 aromatic carbocycles. The zero-order valence-electron chi connectivity index (χ0n) is 13.4. The van der Waals surface area contributed by atoms with Crippen LogP contribution in [-0.4, -0.2) is 56.2 Å². The van der Waals surface area contributed by atoms with E-state index in [0.717, 1.165) is 44.6 Å². The van der Waals surface area contributed by atoms with Crippen molar-refractivity contribution < 1.29 is 13.2 Å². The molecular formula is C15H29NO3S2. The molecule has 6 heteroatoms. The molecule has 0 saturated carbocycles. The quantitative estimate of drug-likeness (QED) is 0.805. The predicted octanol–water partition coefficient (Wildman–Crippen LogP) is 2.09. The first kappa shape index (κ1) is 17.6. The lowest BCUT2D eigenvalue weighted by molar-refractivity contribution is -0.0850. The summed E-state index contributed by atoms with van der Waals surface area (Å²) in [7, 11) is -3.03. The molecule has 0 bridgehead atoms. The van der Waals surface area contributed by atoms with Crippen molar-refractivity contribution in [2.45, 2.75) is 56.4 Å². The zero-order valence-corrected chi connectivity index (χ0v) is 15.1. The van der Waals surface area contributed by atoms with Crippen molar-refractivity contribution >= 4 is 21.6 Å². The molecule has 4 unspecified atom stereocenters. The van der Waals surface area contributed by atoms with E-state index >= 15 is 0 Å². The third-order valence-electron chi connectivity index (χ3n) is 4.92. The summed E-state index contributed by atoms with van der Waals surface area (Å²) in [6.07, 6.45) is 5.47. The van der Waals surface area contributed by atoms with Crippen molar-refractivity contribution in [2.24, 2.45) is 5.92 Å². The van der Waals surface area contributed by atoms with Gasteiger partial charge in [0, 0.05) is 24.7 Å². The van der Waals surface area contributed by atoms with Crippen LogP contribution in [0.15, 0.2) is 0 Å². The van der Waals surface area contributed by atoms with Crippen LogP contribution in [0.5, 0.6) is 0 Å². The van der Waals surface area contributed by atoms with Gasteiger partial charge in [-0.3, -0.25) is 0 Å². The lowest BCUT2D eigenvalue weighted by Crippen LogP contribution is -2.52. The first-order valence-corrected chi connectivity index (χ1v) is 11.1. The fraction of sp³-hybridized carbons (Fsp3) is 1.00. The second kappa shape index (κ2) is 7.20. The molecule has 2 saturated heterocycles. The molecule has 2 heterocycles. The van der Waals surface area contributed by atoms with Gasteiger partial charge in [-0.2, -0.15) is 11.8 Å². The van der Waals surface area contributed by atoms with Gasteiger partial charge in [-0.05, 0) is 50.8 Å². The van der Waals surface area contributed by atoms with E-state index < -0.39 is 9.84 Å². The van der Waals surface area contributed by atoms with Gasteiger partial charge in [0.1, 0.15) is 0 Å². The predicted molar refractivity (Wildman–Crippen MR) is 89.7 cm³/mol.